The maximum Gasteiger partial charge on any atom is 0.150 e. The molecular formula is C7H6Cl4O. The lowest BCUT2D eigenvalue weighted by Crippen LogP contribution is -2.10. The van der Waals surface area contributed by atoms with E-state index in [1.807, 2.05) is 0 Å². The summed E-state index contributed by atoms with van der Waals surface area (Å²) in [6, 6.07) is 0. The summed E-state index contributed by atoms with van der Waals surface area (Å²) < 4.78 is 4.20. The van der Waals surface area contributed by atoms with Gasteiger partial charge in [0.05, 0.1) is 12.2 Å². The minimum Gasteiger partial charge on any atom is -0.368 e. The number of hydrogen-bond acceptors (Lipinski definition) is 1. The van der Waals surface area contributed by atoms with Gasteiger partial charge in [-0.2, -0.15) is 0 Å². The molecule has 1 heterocycles. The molecule has 1 nitrogen and oxygen atoms in total. The van der Waals surface area contributed by atoms with Crippen LogP contribution in [0.4, 0.5) is 0 Å². The number of fused-ring (bicyclic) bond motifs is 2. The van der Waals surface area contributed by atoms with Gasteiger partial charge in [0, 0.05) is 11.8 Å². The molecule has 4 unspecified atom stereocenters. The highest BCUT2D eigenvalue weighted by Gasteiger charge is 2.78. The molecule has 1 saturated heterocycles. The van der Waals surface area contributed by atoms with Crippen molar-refractivity contribution in [3.63, 3.8) is 0 Å². The summed E-state index contributed by atoms with van der Waals surface area (Å²) in [4.78, 5) is 0. The lowest BCUT2D eigenvalue weighted by molar-refractivity contribution is 0.0610. The molecule has 12 heavy (non-hydrogen) atoms. The van der Waals surface area contributed by atoms with E-state index in [2.05, 4.69) is 0 Å². The zero-order valence-corrected chi connectivity index (χ0v) is 8.96. The Morgan fingerprint density at radius 2 is 1.33 bits per heavy atom. The first-order valence-corrected chi connectivity index (χ1v) is 5.38. The second kappa shape index (κ2) is 2.04. The summed E-state index contributed by atoms with van der Waals surface area (Å²) >= 11 is 23.8. The van der Waals surface area contributed by atoms with Crippen molar-refractivity contribution in [3.8, 4) is 0 Å². The van der Waals surface area contributed by atoms with Gasteiger partial charge in [-0.25, -0.2) is 0 Å². The second-order valence-electron chi connectivity index (χ2n) is 3.78. The van der Waals surface area contributed by atoms with E-state index < -0.39 is 8.67 Å². The van der Waals surface area contributed by atoms with Crippen molar-refractivity contribution in [2.75, 3.05) is 0 Å². The molecular weight excluding hydrogens is 242 g/mol. The van der Waals surface area contributed by atoms with Crippen LogP contribution >= 0.6 is 46.4 Å². The molecule has 0 spiro atoms. The van der Waals surface area contributed by atoms with Crippen LogP contribution in [0.25, 0.3) is 0 Å². The molecule has 2 saturated carbocycles. The van der Waals surface area contributed by atoms with E-state index in [0.717, 1.165) is 6.42 Å². The van der Waals surface area contributed by atoms with Gasteiger partial charge in [-0.1, -0.05) is 46.4 Å². The van der Waals surface area contributed by atoms with Gasteiger partial charge < -0.3 is 4.74 Å². The molecule has 3 fully saturated rings. The monoisotopic (exact) mass is 246 g/mol. The fourth-order valence-corrected chi connectivity index (χ4v) is 3.46. The van der Waals surface area contributed by atoms with Crippen LogP contribution in [0.5, 0.6) is 0 Å². The van der Waals surface area contributed by atoms with Crippen LogP contribution < -0.4 is 0 Å². The molecule has 3 aliphatic rings. The zero-order chi connectivity index (χ0) is 8.72. The molecule has 4 atom stereocenters. The van der Waals surface area contributed by atoms with E-state index in [0.29, 0.717) is 0 Å². The first-order chi connectivity index (χ1) is 5.45. The van der Waals surface area contributed by atoms with E-state index in [4.69, 9.17) is 51.1 Å². The summed E-state index contributed by atoms with van der Waals surface area (Å²) in [6.07, 6.45) is 0.818. The third kappa shape index (κ3) is 0.827. The van der Waals surface area contributed by atoms with E-state index in [-0.39, 0.29) is 24.0 Å². The van der Waals surface area contributed by atoms with Crippen molar-refractivity contribution in [1.82, 2.24) is 0 Å². The van der Waals surface area contributed by atoms with Crippen molar-refractivity contribution in [3.05, 3.63) is 0 Å². The van der Waals surface area contributed by atoms with Gasteiger partial charge in [0.15, 0.2) is 0 Å². The summed E-state index contributed by atoms with van der Waals surface area (Å²) in [7, 11) is 0. The van der Waals surface area contributed by atoms with Crippen LogP contribution in [-0.2, 0) is 4.74 Å². The van der Waals surface area contributed by atoms with Crippen molar-refractivity contribution in [2.24, 2.45) is 11.8 Å². The Hall–Kier alpha value is 1.12. The molecule has 3 rings (SSSR count). The van der Waals surface area contributed by atoms with Crippen LogP contribution in [0.3, 0.4) is 0 Å². The Kier molecular flexibility index (Phi) is 1.43. The topological polar surface area (TPSA) is 9.23 Å². The molecule has 2 aliphatic carbocycles. The number of halogens is 4. The normalized spacial score (nSPS) is 57.0. The van der Waals surface area contributed by atoms with E-state index in [9.17, 15) is 0 Å². The average Bonchev–Trinajstić information content (AvgIpc) is 2.72. The smallest absolute Gasteiger partial charge is 0.150 e. The van der Waals surface area contributed by atoms with Crippen molar-refractivity contribution in [2.45, 2.75) is 27.3 Å². The maximum atomic E-state index is 5.95. The minimum atomic E-state index is -0.669. The Balaban J connectivity index is 1.80. The number of ether oxygens (including phenoxy) is 1. The van der Waals surface area contributed by atoms with E-state index >= 15 is 0 Å². The molecule has 0 bridgehead atoms. The van der Waals surface area contributed by atoms with Gasteiger partial charge in [-0.05, 0) is 6.42 Å². The van der Waals surface area contributed by atoms with E-state index in [1.165, 1.54) is 0 Å². The van der Waals surface area contributed by atoms with Crippen molar-refractivity contribution < 1.29 is 4.74 Å². The summed E-state index contributed by atoms with van der Waals surface area (Å²) in [5.74, 6) is 0.475. The van der Waals surface area contributed by atoms with Crippen LogP contribution in [0.1, 0.15) is 6.42 Å². The highest BCUT2D eigenvalue weighted by Crippen LogP contribution is 2.71. The summed E-state index contributed by atoms with van der Waals surface area (Å²) in [5.41, 5.74) is 0. The first kappa shape index (κ1) is 8.43. The van der Waals surface area contributed by atoms with Gasteiger partial charge in [-0.15, -0.1) is 0 Å². The molecule has 0 radical (unpaired) electrons. The Morgan fingerprint density at radius 3 is 1.67 bits per heavy atom. The standard InChI is InChI=1S/C7H6Cl4O/c8-6(9)2-1-3-5(7(3,10)11)12-4(2)6/h2-5H,1H2. The van der Waals surface area contributed by atoms with E-state index in [1.54, 1.807) is 0 Å². The van der Waals surface area contributed by atoms with Gasteiger partial charge in [0.1, 0.15) is 8.67 Å². The average molecular weight is 248 g/mol. The van der Waals surface area contributed by atoms with Crippen molar-refractivity contribution in [1.29, 1.82) is 0 Å². The van der Waals surface area contributed by atoms with Gasteiger partial charge >= 0.3 is 0 Å². The largest absolute Gasteiger partial charge is 0.368 e. The fraction of sp³-hybridized carbons (Fsp3) is 1.00. The molecule has 0 aromatic carbocycles. The zero-order valence-electron chi connectivity index (χ0n) is 5.94. The SMILES string of the molecule is ClC1(Cl)C2CC3C(OC21)C3(Cl)Cl. The second-order valence-corrected chi connectivity index (χ2v) is 6.66. The lowest BCUT2D eigenvalue weighted by Gasteiger charge is -2.04. The third-order valence-electron chi connectivity index (χ3n) is 3.06. The molecule has 0 amide bonds. The fourth-order valence-electron chi connectivity index (χ4n) is 2.08. The number of alkyl halides is 4. The van der Waals surface area contributed by atoms with Crippen molar-refractivity contribution >= 4 is 46.4 Å². The molecule has 0 aromatic rings. The summed E-state index contributed by atoms with van der Waals surface area (Å²) in [6.45, 7) is 0. The van der Waals surface area contributed by atoms with Crippen LogP contribution in [0.15, 0.2) is 0 Å². The maximum absolute atomic E-state index is 5.95. The highest BCUT2D eigenvalue weighted by atomic mass is 35.5. The lowest BCUT2D eigenvalue weighted by atomic mass is 10.2. The Bertz CT molecular complexity index is 206. The minimum absolute atomic E-state index is 0.0403. The molecule has 0 aromatic heterocycles. The van der Waals surface area contributed by atoms with Gasteiger partial charge in [0.2, 0.25) is 0 Å². The first-order valence-electron chi connectivity index (χ1n) is 3.87. The number of hydrogen-bond donors (Lipinski definition) is 0. The Morgan fingerprint density at radius 1 is 0.917 bits per heavy atom. The quantitative estimate of drug-likeness (QED) is 0.599. The van der Waals surface area contributed by atoms with Gasteiger partial charge in [0.25, 0.3) is 0 Å². The summed E-state index contributed by atoms with van der Waals surface area (Å²) in [5, 5.41) is 0. The molecule has 68 valence electrons. The third-order valence-corrected chi connectivity index (χ3v) is 5.04. The van der Waals surface area contributed by atoms with Crippen LogP contribution in [-0.4, -0.2) is 20.9 Å². The number of rotatable bonds is 0. The highest BCUT2D eigenvalue weighted by molar-refractivity contribution is 6.53. The molecule has 0 N–H and O–H groups in total. The molecule has 1 aliphatic heterocycles. The molecule has 5 heteroatoms. The van der Waals surface area contributed by atoms with Crippen LogP contribution in [0, 0.1) is 11.8 Å². The van der Waals surface area contributed by atoms with Gasteiger partial charge in [-0.3, -0.25) is 0 Å². The predicted molar refractivity (Wildman–Crippen MR) is 49.1 cm³/mol. The van der Waals surface area contributed by atoms with Crippen LogP contribution in [0.2, 0.25) is 0 Å². The predicted octanol–water partition coefficient (Wildman–Crippen LogP) is 2.75. The Labute approximate surface area is 90.2 Å².